The smallest absolute Gasteiger partial charge is 0.242 e. The number of thioether (sulfide) groups is 1. The van der Waals surface area contributed by atoms with Crippen molar-refractivity contribution >= 4 is 23.4 Å². The highest BCUT2D eigenvalue weighted by Gasteiger charge is 2.23. The summed E-state index contributed by atoms with van der Waals surface area (Å²) in [6, 6.07) is 22.6. The molecule has 4 rings (SSSR count). The Morgan fingerprint density at radius 3 is 2.34 bits per heavy atom. The molecule has 1 N–H and O–H groups in total. The fourth-order valence-electron chi connectivity index (χ4n) is 3.25. The molecule has 0 spiro atoms. The Morgan fingerprint density at radius 1 is 1.00 bits per heavy atom. The van der Waals surface area contributed by atoms with E-state index in [2.05, 4.69) is 20.6 Å². The van der Waals surface area contributed by atoms with Crippen molar-refractivity contribution in [2.75, 3.05) is 12.4 Å². The summed E-state index contributed by atoms with van der Waals surface area (Å²) in [5.41, 5.74) is 3.48. The number of ether oxygens (including phenoxy) is 1. The fraction of sp³-hybridized carbons (Fsp3) is 0.167. The van der Waals surface area contributed by atoms with E-state index in [0.717, 1.165) is 22.7 Å². The lowest BCUT2D eigenvalue weighted by Gasteiger charge is -2.17. The maximum absolute atomic E-state index is 13.2. The van der Waals surface area contributed by atoms with Crippen LogP contribution < -0.4 is 10.1 Å². The molecule has 0 bridgehead atoms. The second-order valence-corrected chi connectivity index (χ2v) is 8.32. The Balaban J connectivity index is 1.55. The maximum Gasteiger partial charge on any atom is 0.242 e. The van der Waals surface area contributed by atoms with E-state index in [-0.39, 0.29) is 5.91 Å². The molecule has 32 heavy (non-hydrogen) atoms. The summed E-state index contributed by atoms with van der Waals surface area (Å²) >= 11 is 1.35. The Bertz CT molecular complexity index is 1190. The van der Waals surface area contributed by atoms with E-state index in [1.54, 1.807) is 11.8 Å². The molecule has 1 unspecified atom stereocenters. The summed E-state index contributed by atoms with van der Waals surface area (Å²) in [4.78, 5) is 13.2. The van der Waals surface area contributed by atoms with Crippen molar-refractivity contribution in [3.05, 3.63) is 89.7 Å². The van der Waals surface area contributed by atoms with Gasteiger partial charge in [0, 0.05) is 11.4 Å². The molecule has 2 heterocycles. The second-order valence-electron chi connectivity index (χ2n) is 7.20. The van der Waals surface area contributed by atoms with Crippen LogP contribution >= 0.6 is 11.8 Å². The number of nitrogens with one attached hydrogen (secondary N) is 1. The van der Waals surface area contributed by atoms with Crippen LogP contribution in [0.25, 0.3) is 5.82 Å². The highest BCUT2D eigenvalue weighted by Crippen LogP contribution is 2.35. The van der Waals surface area contributed by atoms with Gasteiger partial charge in [-0.1, -0.05) is 42.1 Å². The van der Waals surface area contributed by atoms with Crippen LogP contribution in [0.1, 0.15) is 22.2 Å². The minimum atomic E-state index is -0.493. The molecular formula is C24H23N5O2S. The van der Waals surface area contributed by atoms with Gasteiger partial charge >= 0.3 is 0 Å². The molecule has 4 aromatic rings. The Hall–Kier alpha value is -3.65. The van der Waals surface area contributed by atoms with Gasteiger partial charge in [0.15, 0.2) is 5.82 Å². The molecule has 0 saturated heterocycles. The van der Waals surface area contributed by atoms with Crippen molar-refractivity contribution in [2.24, 2.45) is 0 Å². The molecule has 7 nitrogen and oxygen atoms in total. The van der Waals surface area contributed by atoms with Crippen LogP contribution in [0.5, 0.6) is 5.75 Å². The average molecular weight is 446 g/mol. The zero-order chi connectivity index (χ0) is 22.5. The molecular weight excluding hydrogens is 422 g/mol. The Labute approximate surface area is 190 Å². The summed E-state index contributed by atoms with van der Waals surface area (Å²) < 4.78 is 6.93. The van der Waals surface area contributed by atoms with E-state index in [1.165, 1.54) is 11.8 Å². The highest BCUT2D eigenvalue weighted by atomic mass is 32.2. The first-order chi connectivity index (χ1) is 15.5. The topological polar surface area (TPSA) is 81.9 Å². The van der Waals surface area contributed by atoms with Gasteiger partial charge in [0.05, 0.1) is 12.8 Å². The largest absolute Gasteiger partial charge is 0.497 e. The zero-order valence-corrected chi connectivity index (χ0v) is 18.8. The Kier molecular flexibility index (Phi) is 6.51. The van der Waals surface area contributed by atoms with E-state index < -0.39 is 5.25 Å². The number of carbonyl (C=O) groups is 1. The number of methoxy groups -OCH3 is 1. The van der Waals surface area contributed by atoms with Crippen LogP contribution in [0.4, 0.5) is 5.69 Å². The van der Waals surface area contributed by atoms with Crippen molar-refractivity contribution in [2.45, 2.75) is 24.1 Å². The molecule has 1 atom stereocenters. The van der Waals surface area contributed by atoms with Crippen LogP contribution in [0, 0.1) is 13.8 Å². The van der Waals surface area contributed by atoms with E-state index in [9.17, 15) is 4.79 Å². The van der Waals surface area contributed by atoms with E-state index >= 15 is 0 Å². The summed E-state index contributed by atoms with van der Waals surface area (Å²) in [5, 5.41) is 16.2. The predicted octanol–water partition coefficient (Wildman–Crippen LogP) is 4.76. The molecule has 0 aliphatic carbocycles. The van der Waals surface area contributed by atoms with Gasteiger partial charge in [-0.25, -0.2) is 4.68 Å². The lowest BCUT2D eigenvalue weighted by atomic mass is 10.1. The standard InChI is InChI=1S/C24H23N5O2S/c1-16-15-17(2)29(28-16)21-13-14-22(27-26-21)32-23(18-7-5-4-6-8-18)24(30)25-19-9-11-20(31-3)12-10-19/h4-15,23H,1-3H3,(H,25,30). The monoisotopic (exact) mass is 445 g/mol. The number of amides is 1. The van der Waals surface area contributed by atoms with Gasteiger partial charge in [0.2, 0.25) is 5.91 Å². The van der Waals surface area contributed by atoms with Gasteiger partial charge in [-0.2, -0.15) is 5.10 Å². The maximum atomic E-state index is 13.2. The lowest BCUT2D eigenvalue weighted by Crippen LogP contribution is -2.19. The van der Waals surface area contributed by atoms with Crippen molar-refractivity contribution in [1.29, 1.82) is 0 Å². The van der Waals surface area contributed by atoms with E-state index in [0.29, 0.717) is 16.5 Å². The SMILES string of the molecule is COc1ccc(NC(=O)C(Sc2ccc(-n3nc(C)cc3C)nn2)c2ccccc2)cc1. The van der Waals surface area contributed by atoms with Crippen LogP contribution in [0.2, 0.25) is 0 Å². The third kappa shape index (κ3) is 4.97. The quantitative estimate of drug-likeness (QED) is 0.413. The number of rotatable bonds is 7. The van der Waals surface area contributed by atoms with E-state index in [1.807, 2.05) is 86.6 Å². The first-order valence-corrected chi connectivity index (χ1v) is 11.0. The first-order valence-electron chi connectivity index (χ1n) is 10.1. The van der Waals surface area contributed by atoms with Crippen LogP contribution in [-0.4, -0.2) is 33.0 Å². The summed E-state index contributed by atoms with van der Waals surface area (Å²) in [6.07, 6.45) is 0. The second kappa shape index (κ2) is 9.65. The zero-order valence-electron chi connectivity index (χ0n) is 18.0. The number of nitrogens with zero attached hydrogens (tertiary/aromatic N) is 4. The summed E-state index contributed by atoms with van der Waals surface area (Å²) in [6.45, 7) is 3.91. The molecule has 8 heteroatoms. The summed E-state index contributed by atoms with van der Waals surface area (Å²) in [5.74, 6) is 1.23. The average Bonchev–Trinajstić information content (AvgIpc) is 3.16. The van der Waals surface area contributed by atoms with Gasteiger partial charge < -0.3 is 10.1 Å². The van der Waals surface area contributed by atoms with Crippen molar-refractivity contribution in [3.8, 4) is 11.6 Å². The van der Waals surface area contributed by atoms with Crippen LogP contribution in [-0.2, 0) is 4.79 Å². The van der Waals surface area contributed by atoms with E-state index in [4.69, 9.17) is 4.74 Å². The van der Waals surface area contributed by atoms with Gasteiger partial charge in [0.1, 0.15) is 16.0 Å². The predicted molar refractivity (Wildman–Crippen MR) is 125 cm³/mol. The minimum Gasteiger partial charge on any atom is -0.497 e. The number of hydrogen-bond acceptors (Lipinski definition) is 6. The third-order valence-electron chi connectivity index (χ3n) is 4.79. The lowest BCUT2D eigenvalue weighted by molar-refractivity contribution is -0.115. The molecule has 162 valence electrons. The number of carbonyl (C=O) groups excluding carboxylic acids is 1. The van der Waals surface area contributed by atoms with Crippen molar-refractivity contribution < 1.29 is 9.53 Å². The highest BCUT2D eigenvalue weighted by molar-refractivity contribution is 8.00. The normalized spacial score (nSPS) is 11.7. The van der Waals surface area contributed by atoms with Crippen LogP contribution in [0.15, 0.2) is 77.8 Å². The molecule has 0 aliphatic rings. The molecule has 0 aliphatic heterocycles. The van der Waals surface area contributed by atoms with Crippen molar-refractivity contribution in [3.63, 3.8) is 0 Å². The van der Waals surface area contributed by atoms with Gasteiger partial charge in [-0.05, 0) is 61.9 Å². The number of aromatic nitrogens is 4. The molecule has 2 aromatic heterocycles. The van der Waals surface area contributed by atoms with Crippen LogP contribution in [0.3, 0.4) is 0 Å². The molecule has 2 aromatic carbocycles. The Morgan fingerprint density at radius 2 is 1.75 bits per heavy atom. The van der Waals surface area contributed by atoms with Gasteiger partial charge in [0.25, 0.3) is 0 Å². The number of aryl methyl sites for hydroxylation is 2. The molecule has 1 amide bonds. The molecule has 0 fully saturated rings. The van der Waals surface area contributed by atoms with Gasteiger partial charge in [-0.3, -0.25) is 4.79 Å². The third-order valence-corrected chi connectivity index (χ3v) is 5.97. The minimum absolute atomic E-state index is 0.143. The number of hydrogen-bond donors (Lipinski definition) is 1. The van der Waals surface area contributed by atoms with Gasteiger partial charge in [-0.15, -0.1) is 10.2 Å². The number of benzene rings is 2. The molecule has 0 saturated carbocycles. The fourth-order valence-corrected chi connectivity index (χ4v) is 4.19. The summed E-state index contributed by atoms with van der Waals surface area (Å²) in [7, 11) is 1.61. The first kappa shape index (κ1) is 21.6. The number of anilines is 1. The molecule has 0 radical (unpaired) electrons. The van der Waals surface area contributed by atoms with Crippen molar-refractivity contribution in [1.82, 2.24) is 20.0 Å².